The molecular formula is C26H28N4O6S. The molecule has 0 bridgehead atoms. The normalized spacial score (nSPS) is 22.2. The number of fused-ring (bicyclic) bond motifs is 2. The lowest BCUT2D eigenvalue weighted by Gasteiger charge is -2.46. The molecule has 3 aromatic heterocycles. The van der Waals surface area contributed by atoms with Gasteiger partial charge in [-0.3, -0.25) is 14.2 Å². The maximum atomic E-state index is 13.2. The number of hydrogen-bond acceptors (Lipinski definition) is 9. The number of esters is 1. The number of aromatic nitrogens is 3. The summed E-state index contributed by atoms with van der Waals surface area (Å²) in [5, 5.41) is 10.3. The zero-order chi connectivity index (χ0) is 26.5. The summed E-state index contributed by atoms with van der Waals surface area (Å²) in [6.07, 6.45) is 7.50. The van der Waals surface area contributed by atoms with E-state index < -0.39 is 23.8 Å². The molecule has 1 N–H and O–H groups in total. The Bertz CT molecular complexity index is 1390. The second-order valence-electron chi connectivity index (χ2n) is 9.07. The van der Waals surface area contributed by atoms with Crippen molar-refractivity contribution in [2.75, 3.05) is 20.8 Å². The van der Waals surface area contributed by atoms with Gasteiger partial charge < -0.3 is 24.2 Å². The summed E-state index contributed by atoms with van der Waals surface area (Å²) in [5.41, 5.74) is 2.10. The number of amides is 1. The van der Waals surface area contributed by atoms with E-state index in [0.717, 1.165) is 9.71 Å². The third-order valence-corrected chi connectivity index (χ3v) is 8.25. The van der Waals surface area contributed by atoms with Gasteiger partial charge in [0.15, 0.2) is 0 Å². The highest BCUT2D eigenvalue weighted by molar-refractivity contribution is 7.18. The van der Waals surface area contributed by atoms with Gasteiger partial charge in [-0.25, -0.2) is 9.78 Å². The van der Waals surface area contributed by atoms with Crippen LogP contribution in [0.3, 0.4) is 0 Å². The van der Waals surface area contributed by atoms with E-state index in [1.807, 2.05) is 23.6 Å². The summed E-state index contributed by atoms with van der Waals surface area (Å²) in [6.45, 7) is 7.18. The number of thiazole rings is 1. The van der Waals surface area contributed by atoms with Crippen molar-refractivity contribution in [2.24, 2.45) is 11.8 Å². The zero-order valence-corrected chi connectivity index (χ0v) is 21.8. The molecule has 0 aromatic carbocycles. The monoisotopic (exact) mass is 524 g/mol. The first-order valence-corrected chi connectivity index (χ1v) is 12.6. The van der Waals surface area contributed by atoms with E-state index >= 15 is 0 Å². The van der Waals surface area contributed by atoms with Crippen molar-refractivity contribution >= 4 is 33.6 Å². The largest absolute Gasteiger partial charge is 0.457 e. The van der Waals surface area contributed by atoms with Gasteiger partial charge in [-0.2, -0.15) is 0 Å². The molecule has 1 amide bonds. The number of hydrogen-bond donors (Lipinski definition) is 1. The summed E-state index contributed by atoms with van der Waals surface area (Å²) < 4.78 is 19.0. The van der Waals surface area contributed by atoms with Crippen LogP contribution in [0.15, 0.2) is 55.4 Å². The number of methoxy groups -OCH3 is 2. The second kappa shape index (κ2) is 9.49. The van der Waals surface area contributed by atoms with E-state index in [4.69, 9.17) is 14.2 Å². The number of imidazole rings is 1. The van der Waals surface area contributed by atoms with E-state index in [1.54, 1.807) is 31.7 Å². The highest BCUT2D eigenvalue weighted by Gasteiger charge is 2.60. The van der Waals surface area contributed by atoms with Crippen LogP contribution < -0.4 is 0 Å². The van der Waals surface area contributed by atoms with Crippen molar-refractivity contribution < 1.29 is 28.9 Å². The fourth-order valence-corrected chi connectivity index (χ4v) is 6.70. The van der Waals surface area contributed by atoms with Crippen molar-refractivity contribution in [1.29, 1.82) is 0 Å². The smallest absolute Gasteiger partial charge is 0.355 e. The lowest BCUT2D eigenvalue weighted by molar-refractivity contribution is -0.185. The average molecular weight is 525 g/mol. The Hall–Kier alpha value is -3.38. The standard InChI is InChI=1S/C26H28N4O6S/c1-6-10-36-25(33)21-18(14(2)20-19(15(3)31)23(32)30(20)21)17-12-29-13-28-22(24(29)37-17)26(34-4,35-5)16-8-7-9-27-11-16/h6-9,11-15,19-20,31H,1,10H2,2-5H3/t14-,15+,19+,20+/m0/s1. The molecule has 0 radical (unpaired) electrons. The van der Waals surface area contributed by atoms with Gasteiger partial charge in [0.1, 0.15) is 29.2 Å². The summed E-state index contributed by atoms with van der Waals surface area (Å²) in [4.78, 5) is 37.9. The SMILES string of the molecule is C=CCOC(=O)C1=C(c2cn3cnc(C(OC)(OC)c4cccnc4)c3s2)[C@H](C)[C@@H]2[C@@H]([C@@H](C)O)C(=O)N12. The maximum absolute atomic E-state index is 13.2. The van der Waals surface area contributed by atoms with Gasteiger partial charge >= 0.3 is 5.97 Å². The molecule has 0 spiro atoms. The number of carbonyl (C=O) groups is 2. The van der Waals surface area contributed by atoms with Gasteiger partial charge in [-0.15, -0.1) is 11.3 Å². The van der Waals surface area contributed by atoms with Crippen LogP contribution in [0.5, 0.6) is 0 Å². The van der Waals surface area contributed by atoms with Crippen molar-refractivity contribution in [3.8, 4) is 0 Å². The maximum Gasteiger partial charge on any atom is 0.355 e. The molecule has 37 heavy (non-hydrogen) atoms. The Labute approximate surface area is 217 Å². The minimum Gasteiger partial charge on any atom is -0.457 e. The van der Waals surface area contributed by atoms with Gasteiger partial charge in [-0.1, -0.05) is 25.6 Å². The van der Waals surface area contributed by atoms with Crippen LogP contribution >= 0.6 is 11.3 Å². The molecule has 5 rings (SSSR count). The average Bonchev–Trinajstić information content (AvgIpc) is 3.54. The Morgan fingerprint density at radius 3 is 2.76 bits per heavy atom. The molecule has 0 unspecified atom stereocenters. The quantitative estimate of drug-likeness (QED) is 0.197. The van der Waals surface area contributed by atoms with Crippen LogP contribution in [0, 0.1) is 11.8 Å². The Morgan fingerprint density at radius 1 is 1.38 bits per heavy atom. The van der Waals surface area contributed by atoms with Crippen molar-refractivity contribution in [1.82, 2.24) is 19.3 Å². The summed E-state index contributed by atoms with van der Waals surface area (Å²) in [7, 11) is 3.08. The van der Waals surface area contributed by atoms with Gasteiger partial charge in [0.25, 0.3) is 0 Å². The fraction of sp³-hybridized carbons (Fsp3) is 0.385. The Morgan fingerprint density at radius 2 is 2.14 bits per heavy atom. The molecule has 1 fully saturated rings. The zero-order valence-electron chi connectivity index (χ0n) is 21.0. The van der Waals surface area contributed by atoms with Crippen LogP contribution in [0.4, 0.5) is 0 Å². The van der Waals surface area contributed by atoms with Crippen LogP contribution in [0.2, 0.25) is 0 Å². The van der Waals surface area contributed by atoms with Crippen molar-refractivity contribution in [2.45, 2.75) is 31.8 Å². The Kier molecular flexibility index (Phi) is 6.48. The first kappa shape index (κ1) is 25.3. The number of aliphatic hydroxyl groups is 1. The summed E-state index contributed by atoms with van der Waals surface area (Å²) in [5.74, 6) is -2.99. The number of β-lactam (4-membered cyclic amide) rings is 1. The lowest BCUT2D eigenvalue weighted by atomic mass is 9.77. The van der Waals surface area contributed by atoms with Gasteiger partial charge in [0.2, 0.25) is 11.7 Å². The van der Waals surface area contributed by atoms with Crippen molar-refractivity contribution in [3.63, 3.8) is 0 Å². The molecule has 1 saturated heterocycles. The third-order valence-electron chi connectivity index (χ3n) is 7.10. The fourth-order valence-electron chi connectivity index (χ4n) is 5.44. The van der Waals surface area contributed by atoms with Gasteiger partial charge in [0, 0.05) is 49.9 Å². The number of nitrogens with zero attached hydrogens (tertiary/aromatic N) is 4. The summed E-state index contributed by atoms with van der Waals surface area (Å²) >= 11 is 1.41. The molecule has 5 heterocycles. The molecule has 10 nitrogen and oxygen atoms in total. The minimum atomic E-state index is -1.30. The number of carbonyl (C=O) groups excluding carboxylic acids is 2. The number of pyridine rings is 1. The van der Waals surface area contributed by atoms with Gasteiger partial charge in [0.05, 0.1) is 22.9 Å². The number of ether oxygens (including phenoxy) is 3. The molecule has 11 heteroatoms. The first-order chi connectivity index (χ1) is 17.8. The number of rotatable bonds is 9. The molecule has 2 aliphatic heterocycles. The van der Waals surface area contributed by atoms with E-state index in [0.29, 0.717) is 16.8 Å². The number of aliphatic hydroxyl groups excluding tert-OH is 1. The summed E-state index contributed by atoms with van der Waals surface area (Å²) in [6, 6.07) is 3.31. The second-order valence-corrected chi connectivity index (χ2v) is 10.1. The molecule has 194 valence electrons. The molecular weight excluding hydrogens is 496 g/mol. The lowest BCUT2D eigenvalue weighted by Crippen LogP contribution is -2.63. The molecule has 3 aromatic rings. The molecule has 0 saturated carbocycles. The highest BCUT2D eigenvalue weighted by atomic mass is 32.1. The van der Waals surface area contributed by atoms with E-state index in [1.165, 1.54) is 36.5 Å². The molecule has 2 aliphatic rings. The van der Waals surface area contributed by atoms with E-state index in [2.05, 4.69) is 16.5 Å². The first-order valence-electron chi connectivity index (χ1n) is 11.8. The van der Waals surface area contributed by atoms with Crippen LogP contribution in [-0.4, -0.2) is 69.2 Å². The van der Waals surface area contributed by atoms with E-state index in [9.17, 15) is 14.7 Å². The molecule has 0 aliphatic carbocycles. The molecule has 4 atom stereocenters. The predicted octanol–water partition coefficient (Wildman–Crippen LogP) is 2.58. The predicted molar refractivity (Wildman–Crippen MR) is 135 cm³/mol. The van der Waals surface area contributed by atoms with Crippen LogP contribution in [0.25, 0.3) is 10.4 Å². The topological polar surface area (TPSA) is 115 Å². The van der Waals surface area contributed by atoms with E-state index in [-0.39, 0.29) is 30.2 Å². The van der Waals surface area contributed by atoms with Crippen LogP contribution in [0.1, 0.15) is 30.0 Å². The third kappa shape index (κ3) is 3.64. The highest BCUT2D eigenvalue weighted by Crippen LogP contribution is 2.52. The van der Waals surface area contributed by atoms with Crippen LogP contribution in [-0.2, 0) is 29.6 Å². The Balaban J connectivity index is 1.65. The van der Waals surface area contributed by atoms with Crippen molar-refractivity contribution in [3.05, 3.63) is 71.5 Å². The minimum absolute atomic E-state index is 0.0199. The van der Waals surface area contributed by atoms with Gasteiger partial charge in [-0.05, 0) is 13.0 Å².